The Bertz CT molecular complexity index is 750. The van der Waals surface area contributed by atoms with Gasteiger partial charge in [0, 0.05) is 24.8 Å². The Morgan fingerprint density at radius 3 is 3.00 bits per heavy atom. The van der Waals surface area contributed by atoms with Crippen LogP contribution in [-0.4, -0.2) is 14.5 Å². The zero-order chi connectivity index (χ0) is 13.5. The summed E-state index contributed by atoms with van der Waals surface area (Å²) in [5.74, 6) is 1.08. The topological polar surface area (TPSA) is 42.7 Å². The molecule has 0 radical (unpaired) electrons. The number of anilines is 1. The van der Waals surface area contributed by atoms with Crippen molar-refractivity contribution in [3.8, 4) is 0 Å². The molecule has 0 aliphatic carbocycles. The van der Waals surface area contributed by atoms with E-state index in [9.17, 15) is 0 Å². The van der Waals surface area contributed by atoms with Crippen LogP contribution in [0.15, 0.2) is 42.6 Å². The molecule has 0 saturated carbocycles. The molecule has 3 heterocycles. The van der Waals surface area contributed by atoms with E-state index in [2.05, 4.69) is 46.1 Å². The Balaban J connectivity index is 1.80. The number of rotatable bonds is 2. The number of aromatic nitrogens is 3. The average Bonchev–Trinajstić information content (AvgIpc) is 3.07. The highest BCUT2D eigenvalue weighted by Crippen LogP contribution is 2.34. The molecule has 0 spiro atoms. The van der Waals surface area contributed by atoms with Crippen molar-refractivity contribution in [1.82, 2.24) is 14.5 Å². The Hall–Kier alpha value is -2.36. The van der Waals surface area contributed by atoms with E-state index in [1.54, 1.807) is 0 Å². The second-order valence-electron chi connectivity index (χ2n) is 5.12. The smallest absolute Gasteiger partial charge is 0.160 e. The van der Waals surface area contributed by atoms with Crippen molar-refractivity contribution in [3.05, 3.63) is 54.0 Å². The van der Waals surface area contributed by atoms with E-state index in [-0.39, 0.29) is 6.04 Å². The third kappa shape index (κ3) is 1.61. The lowest BCUT2D eigenvalue weighted by atomic mass is 10.1. The Kier molecular flexibility index (Phi) is 2.49. The zero-order valence-electron chi connectivity index (χ0n) is 11.4. The fourth-order valence-electron chi connectivity index (χ4n) is 3.01. The number of hydrogen-bond acceptors (Lipinski definition) is 3. The van der Waals surface area contributed by atoms with Crippen LogP contribution in [0.5, 0.6) is 0 Å². The molecule has 20 heavy (non-hydrogen) atoms. The van der Waals surface area contributed by atoms with Gasteiger partial charge >= 0.3 is 0 Å². The molecule has 1 unspecified atom stereocenters. The van der Waals surface area contributed by atoms with Crippen LogP contribution in [-0.2, 0) is 13.0 Å². The summed E-state index contributed by atoms with van der Waals surface area (Å²) in [4.78, 5) is 9.25. The number of benzene rings is 1. The molecule has 1 aliphatic rings. The first kappa shape index (κ1) is 11.5. The quantitative estimate of drug-likeness (QED) is 0.773. The first-order valence-corrected chi connectivity index (χ1v) is 7.02. The van der Waals surface area contributed by atoms with Gasteiger partial charge < -0.3 is 9.88 Å². The summed E-state index contributed by atoms with van der Waals surface area (Å²) in [6.45, 7) is 3.03. The predicted octanol–water partition coefficient (Wildman–Crippen LogP) is 3.16. The van der Waals surface area contributed by atoms with Crippen molar-refractivity contribution >= 4 is 16.9 Å². The highest BCUT2D eigenvalue weighted by molar-refractivity contribution is 5.72. The normalized spacial score (nSPS) is 17.1. The number of imidazole rings is 1. The lowest BCUT2D eigenvalue weighted by Gasteiger charge is -2.12. The van der Waals surface area contributed by atoms with Gasteiger partial charge in [-0.1, -0.05) is 18.2 Å². The van der Waals surface area contributed by atoms with Gasteiger partial charge in [-0.15, -0.1) is 0 Å². The van der Waals surface area contributed by atoms with Gasteiger partial charge in [-0.05, 0) is 30.7 Å². The summed E-state index contributed by atoms with van der Waals surface area (Å²) >= 11 is 0. The van der Waals surface area contributed by atoms with Gasteiger partial charge in [0.05, 0.1) is 6.04 Å². The summed E-state index contributed by atoms with van der Waals surface area (Å²) in [6.07, 6.45) is 2.82. The van der Waals surface area contributed by atoms with Gasteiger partial charge in [0.2, 0.25) is 0 Å². The number of para-hydroxylation sites is 1. The molecule has 100 valence electrons. The average molecular weight is 264 g/mol. The zero-order valence-corrected chi connectivity index (χ0v) is 11.4. The minimum atomic E-state index is 0.238. The number of pyridine rings is 1. The molecule has 2 aromatic heterocycles. The Labute approximate surface area is 117 Å². The minimum absolute atomic E-state index is 0.238. The predicted molar refractivity (Wildman–Crippen MR) is 79.7 cm³/mol. The van der Waals surface area contributed by atoms with Gasteiger partial charge in [0.1, 0.15) is 11.3 Å². The molecular weight excluding hydrogens is 248 g/mol. The van der Waals surface area contributed by atoms with Crippen molar-refractivity contribution in [3.63, 3.8) is 0 Å². The molecule has 4 nitrogen and oxygen atoms in total. The van der Waals surface area contributed by atoms with Gasteiger partial charge in [-0.25, -0.2) is 9.97 Å². The largest absolute Gasteiger partial charge is 0.375 e. The van der Waals surface area contributed by atoms with Crippen LogP contribution < -0.4 is 5.32 Å². The number of nitrogens with one attached hydrogen (secondary N) is 1. The molecular formula is C16H16N4. The van der Waals surface area contributed by atoms with Crippen LogP contribution in [0.1, 0.15) is 24.4 Å². The maximum absolute atomic E-state index is 4.79. The minimum Gasteiger partial charge on any atom is -0.375 e. The molecule has 4 rings (SSSR count). The maximum atomic E-state index is 4.79. The van der Waals surface area contributed by atoms with Crippen LogP contribution >= 0.6 is 0 Å². The van der Waals surface area contributed by atoms with E-state index in [1.165, 1.54) is 11.3 Å². The summed E-state index contributed by atoms with van der Waals surface area (Å²) in [7, 11) is 0. The molecule has 0 amide bonds. The van der Waals surface area contributed by atoms with Crippen LogP contribution in [0.25, 0.3) is 11.2 Å². The summed E-state index contributed by atoms with van der Waals surface area (Å²) < 4.78 is 2.21. The standard InChI is InChI=1S/C16H16N4/c1-2-20-15-13(8-5-9-17-15)19-16(20)14-10-11-6-3-4-7-12(11)18-14/h3-9,14,18H,2,10H2,1H3. The monoisotopic (exact) mass is 264 g/mol. The van der Waals surface area contributed by atoms with Crippen LogP contribution in [0.3, 0.4) is 0 Å². The second kappa shape index (κ2) is 4.34. The molecule has 0 bridgehead atoms. The van der Waals surface area contributed by atoms with Crippen molar-refractivity contribution in [2.75, 3.05) is 5.32 Å². The van der Waals surface area contributed by atoms with E-state index in [4.69, 9.17) is 4.98 Å². The number of fused-ring (bicyclic) bond motifs is 2. The van der Waals surface area contributed by atoms with Crippen molar-refractivity contribution in [1.29, 1.82) is 0 Å². The van der Waals surface area contributed by atoms with E-state index in [0.717, 1.165) is 30.0 Å². The van der Waals surface area contributed by atoms with E-state index in [0.29, 0.717) is 0 Å². The molecule has 1 aliphatic heterocycles. The molecule has 0 saturated heterocycles. The summed E-state index contributed by atoms with van der Waals surface area (Å²) in [5.41, 5.74) is 4.53. The SMILES string of the molecule is CCn1c(C2Cc3ccccc3N2)nc2cccnc21. The molecule has 1 atom stereocenters. The highest BCUT2D eigenvalue weighted by Gasteiger charge is 2.26. The van der Waals surface area contributed by atoms with Gasteiger partial charge in [-0.2, -0.15) is 0 Å². The van der Waals surface area contributed by atoms with E-state index >= 15 is 0 Å². The van der Waals surface area contributed by atoms with Crippen molar-refractivity contribution < 1.29 is 0 Å². The van der Waals surface area contributed by atoms with Gasteiger partial charge in [-0.3, -0.25) is 0 Å². The van der Waals surface area contributed by atoms with Gasteiger partial charge in [0.25, 0.3) is 0 Å². The highest BCUT2D eigenvalue weighted by atomic mass is 15.2. The molecule has 0 fully saturated rings. The van der Waals surface area contributed by atoms with Crippen LogP contribution in [0, 0.1) is 0 Å². The van der Waals surface area contributed by atoms with Crippen molar-refractivity contribution in [2.45, 2.75) is 25.9 Å². The molecule has 4 heteroatoms. The maximum Gasteiger partial charge on any atom is 0.160 e. The Morgan fingerprint density at radius 2 is 2.15 bits per heavy atom. The van der Waals surface area contributed by atoms with Crippen LogP contribution in [0.4, 0.5) is 5.69 Å². The molecule has 1 N–H and O–H groups in total. The van der Waals surface area contributed by atoms with E-state index in [1.807, 2.05) is 18.3 Å². The fourth-order valence-corrected chi connectivity index (χ4v) is 3.01. The number of aryl methyl sites for hydroxylation is 1. The van der Waals surface area contributed by atoms with Crippen LogP contribution in [0.2, 0.25) is 0 Å². The third-order valence-electron chi connectivity index (χ3n) is 3.93. The van der Waals surface area contributed by atoms with Crippen molar-refractivity contribution in [2.24, 2.45) is 0 Å². The number of nitrogens with zero attached hydrogens (tertiary/aromatic N) is 3. The molecule has 3 aromatic rings. The number of hydrogen-bond donors (Lipinski definition) is 1. The third-order valence-corrected chi connectivity index (χ3v) is 3.93. The first-order chi connectivity index (χ1) is 9.86. The second-order valence-corrected chi connectivity index (χ2v) is 5.12. The van der Waals surface area contributed by atoms with E-state index < -0.39 is 0 Å². The lowest BCUT2D eigenvalue weighted by Crippen LogP contribution is -2.13. The van der Waals surface area contributed by atoms with Gasteiger partial charge in [0.15, 0.2) is 5.65 Å². The summed E-state index contributed by atoms with van der Waals surface area (Å²) in [5, 5.41) is 3.58. The lowest BCUT2D eigenvalue weighted by molar-refractivity contribution is 0.652. The first-order valence-electron chi connectivity index (χ1n) is 7.02. The molecule has 1 aromatic carbocycles. The fraction of sp³-hybridized carbons (Fsp3) is 0.250. The Morgan fingerprint density at radius 1 is 1.25 bits per heavy atom. The summed E-state index contributed by atoms with van der Waals surface area (Å²) in [6, 6.07) is 12.7.